The Kier molecular flexibility index (Phi) is 6.88. The molecule has 2 rings (SSSR count). The lowest BCUT2D eigenvalue weighted by molar-refractivity contribution is -0.111. The highest BCUT2D eigenvalue weighted by Gasteiger charge is 2.12. The molecule has 0 spiro atoms. The summed E-state index contributed by atoms with van der Waals surface area (Å²) in [5.74, 6) is 1.33. The van der Waals surface area contributed by atoms with Crippen molar-refractivity contribution in [2.24, 2.45) is 0 Å². The Bertz CT molecular complexity index is 846. The molecule has 0 aliphatic rings. The van der Waals surface area contributed by atoms with Crippen LogP contribution in [0.15, 0.2) is 42.5 Å². The van der Waals surface area contributed by atoms with E-state index in [0.29, 0.717) is 22.9 Å². The monoisotopic (exact) mass is 369 g/mol. The molecule has 0 fully saturated rings. The predicted molar refractivity (Wildman–Crippen MR) is 107 cm³/mol. The minimum Gasteiger partial charge on any atom is -0.506 e. The Morgan fingerprint density at radius 2 is 1.59 bits per heavy atom. The van der Waals surface area contributed by atoms with Crippen LogP contribution in [-0.2, 0) is 4.79 Å². The van der Waals surface area contributed by atoms with Crippen LogP contribution in [0.25, 0.3) is 12.2 Å². The largest absolute Gasteiger partial charge is 0.506 e. The van der Waals surface area contributed by atoms with E-state index in [1.807, 2.05) is 24.3 Å². The average Bonchev–Trinajstić information content (AvgIpc) is 2.67. The molecule has 0 bridgehead atoms. The zero-order chi connectivity index (χ0) is 19.8. The molecule has 142 valence electrons. The lowest BCUT2D eigenvalue weighted by atomic mass is 10.1. The number of ether oxygens (including phenoxy) is 3. The minimum atomic E-state index is -0.298. The van der Waals surface area contributed by atoms with Crippen LogP contribution < -0.4 is 19.5 Å². The summed E-state index contributed by atoms with van der Waals surface area (Å²) in [6.07, 6.45) is 6.70. The SMILES string of the molecule is C/C=C/C(=O)Nc1ccc(/C=C\c2cc(OC)c(OC)c(OC)c2)cc1O. The van der Waals surface area contributed by atoms with E-state index in [1.54, 1.807) is 52.5 Å². The first kappa shape index (κ1) is 19.9. The first-order chi connectivity index (χ1) is 13.0. The van der Waals surface area contributed by atoms with Gasteiger partial charge >= 0.3 is 0 Å². The van der Waals surface area contributed by atoms with Gasteiger partial charge in [-0.25, -0.2) is 0 Å². The van der Waals surface area contributed by atoms with Crippen molar-refractivity contribution in [3.05, 3.63) is 53.6 Å². The molecule has 0 saturated carbocycles. The van der Waals surface area contributed by atoms with E-state index in [2.05, 4.69) is 5.32 Å². The Morgan fingerprint density at radius 3 is 2.11 bits per heavy atom. The number of phenolic OH excluding ortho intramolecular Hbond substituents is 1. The number of hydrogen-bond donors (Lipinski definition) is 2. The second-order valence-corrected chi connectivity index (χ2v) is 5.56. The quantitative estimate of drug-likeness (QED) is 0.436. The maximum absolute atomic E-state index is 11.6. The van der Waals surface area contributed by atoms with Crippen LogP contribution in [0.1, 0.15) is 18.1 Å². The number of methoxy groups -OCH3 is 3. The number of aromatic hydroxyl groups is 1. The van der Waals surface area contributed by atoms with Crippen LogP contribution in [0.3, 0.4) is 0 Å². The summed E-state index contributed by atoms with van der Waals surface area (Å²) in [4.78, 5) is 11.6. The van der Waals surface area contributed by atoms with Gasteiger partial charge in [-0.2, -0.15) is 0 Å². The number of rotatable bonds is 7. The number of carbonyl (C=O) groups is 1. The number of benzene rings is 2. The van der Waals surface area contributed by atoms with Crippen LogP contribution in [0.5, 0.6) is 23.0 Å². The smallest absolute Gasteiger partial charge is 0.248 e. The van der Waals surface area contributed by atoms with E-state index in [1.165, 1.54) is 6.08 Å². The topological polar surface area (TPSA) is 77.0 Å². The maximum atomic E-state index is 11.6. The molecule has 2 aromatic rings. The van der Waals surface area contributed by atoms with Gasteiger partial charge in [0.25, 0.3) is 0 Å². The molecule has 6 nitrogen and oxygen atoms in total. The van der Waals surface area contributed by atoms with E-state index < -0.39 is 0 Å². The van der Waals surface area contributed by atoms with Crippen molar-refractivity contribution in [3.8, 4) is 23.0 Å². The highest BCUT2D eigenvalue weighted by molar-refractivity contribution is 6.00. The second-order valence-electron chi connectivity index (χ2n) is 5.56. The molecule has 0 aliphatic carbocycles. The number of phenols is 1. The van der Waals surface area contributed by atoms with Crippen LogP contribution in [-0.4, -0.2) is 32.3 Å². The standard InChI is InChI=1S/C21H23NO5/c1-5-6-20(24)22-16-10-9-14(11-17(16)23)7-8-15-12-18(25-2)21(27-4)19(13-15)26-3/h5-13,23H,1-4H3,(H,22,24)/b6-5+,8-7-. The van der Waals surface area contributed by atoms with E-state index in [9.17, 15) is 9.90 Å². The minimum absolute atomic E-state index is 0.0140. The van der Waals surface area contributed by atoms with E-state index in [-0.39, 0.29) is 11.7 Å². The average molecular weight is 369 g/mol. The number of allylic oxidation sites excluding steroid dienone is 1. The summed E-state index contributed by atoms with van der Waals surface area (Å²) in [6.45, 7) is 1.75. The van der Waals surface area contributed by atoms with Gasteiger partial charge in [0.1, 0.15) is 5.75 Å². The summed E-state index contributed by atoms with van der Waals surface area (Å²) in [6, 6.07) is 8.65. The van der Waals surface area contributed by atoms with Gasteiger partial charge in [-0.05, 0) is 48.4 Å². The third-order valence-electron chi connectivity index (χ3n) is 3.75. The van der Waals surface area contributed by atoms with Crippen molar-refractivity contribution in [1.29, 1.82) is 0 Å². The zero-order valence-electron chi connectivity index (χ0n) is 15.8. The van der Waals surface area contributed by atoms with Gasteiger partial charge in [0, 0.05) is 0 Å². The van der Waals surface area contributed by atoms with Crippen molar-refractivity contribution < 1.29 is 24.1 Å². The molecule has 0 aliphatic heterocycles. The lowest BCUT2D eigenvalue weighted by Gasteiger charge is -2.12. The normalized spacial score (nSPS) is 11.0. The van der Waals surface area contributed by atoms with Crippen LogP contribution in [0.2, 0.25) is 0 Å². The van der Waals surface area contributed by atoms with Gasteiger partial charge in [0.2, 0.25) is 11.7 Å². The number of nitrogens with one attached hydrogen (secondary N) is 1. The van der Waals surface area contributed by atoms with Gasteiger partial charge in [-0.3, -0.25) is 4.79 Å². The summed E-state index contributed by atoms with van der Waals surface area (Å²) in [5.41, 5.74) is 1.96. The summed E-state index contributed by atoms with van der Waals surface area (Å²) in [7, 11) is 4.67. The van der Waals surface area contributed by atoms with Crippen molar-refractivity contribution in [1.82, 2.24) is 0 Å². The molecular formula is C21H23NO5. The molecule has 0 heterocycles. The summed E-state index contributed by atoms with van der Waals surface area (Å²) < 4.78 is 16.0. The van der Waals surface area contributed by atoms with Gasteiger partial charge in [0.15, 0.2) is 11.5 Å². The Hall–Kier alpha value is -3.41. The number of hydrogen-bond acceptors (Lipinski definition) is 5. The molecule has 6 heteroatoms. The molecule has 0 radical (unpaired) electrons. The Labute approximate surface area is 158 Å². The third-order valence-corrected chi connectivity index (χ3v) is 3.75. The third kappa shape index (κ3) is 5.04. The van der Waals surface area contributed by atoms with Crippen molar-refractivity contribution in [2.75, 3.05) is 26.6 Å². The first-order valence-electron chi connectivity index (χ1n) is 8.27. The van der Waals surface area contributed by atoms with Crippen molar-refractivity contribution in [3.63, 3.8) is 0 Å². The predicted octanol–water partition coefficient (Wildman–Crippen LogP) is 4.10. The van der Waals surface area contributed by atoms with Gasteiger partial charge in [-0.1, -0.05) is 24.3 Å². The van der Waals surface area contributed by atoms with Crippen molar-refractivity contribution in [2.45, 2.75) is 6.92 Å². The molecule has 2 N–H and O–H groups in total. The second kappa shape index (κ2) is 9.33. The highest BCUT2D eigenvalue weighted by Crippen LogP contribution is 2.38. The van der Waals surface area contributed by atoms with Crippen molar-refractivity contribution >= 4 is 23.7 Å². The van der Waals surface area contributed by atoms with Crippen LogP contribution >= 0.6 is 0 Å². The molecule has 0 unspecified atom stereocenters. The van der Waals surface area contributed by atoms with E-state index in [4.69, 9.17) is 14.2 Å². The van der Waals surface area contributed by atoms with Crippen LogP contribution in [0.4, 0.5) is 5.69 Å². The fourth-order valence-electron chi connectivity index (χ4n) is 2.47. The number of amides is 1. The number of carbonyl (C=O) groups excluding carboxylic acids is 1. The molecule has 0 saturated heterocycles. The fraction of sp³-hybridized carbons (Fsp3) is 0.190. The summed E-state index contributed by atoms with van der Waals surface area (Å²) in [5, 5.41) is 12.7. The van der Waals surface area contributed by atoms with Gasteiger partial charge in [0.05, 0.1) is 27.0 Å². The molecule has 0 atom stereocenters. The van der Waals surface area contributed by atoms with Gasteiger partial charge < -0.3 is 24.6 Å². The zero-order valence-corrected chi connectivity index (χ0v) is 15.8. The number of anilines is 1. The lowest BCUT2D eigenvalue weighted by Crippen LogP contribution is -2.07. The molecule has 0 aromatic heterocycles. The van der Waals surface area contributed by atoms with Crippen LogP contribution in [0, 0.1) is 0 Å². The maximum Gasteiger partial charge on any atom is 0.248 e. The fourth-order valence-corrected chi connectivity index (χ4v) is 2.47. The Balaban J connectivity index is 2.25. The van der Waals surface area contributed by atoms with Gasteiger partial charge in [-0.15, -0.1) is 0 Å². The van der Waals surface area contributed by atoms with E-state index >= 15 is 0 Å². The molecule has 27 heavy (non-hydrogen) atoms. The first-order valence-corrected chi connectivity index (χ1v) is 8.27. The summed E-state index contributed by atoms with van der Waals surface area (Å²) >= 11 is 0. The molecule has 2 aromatic carbocycles. The van der Waals surface area contributed by atoms with E-state index in [0.717, 1.165) is 11.1 Å². The molecular weight excluding hydrogens is 346 g/mol. The molecule has 1 amide bonds. The Morgan fingerprint density at radius 1 is 0.963 bits per heavy atom. The highest BCUT2D eigenvalue weighted by atomic mass is 16.5.